The van der Waals surface area contributed by atoms with Gasteiger partial charge in [0.1, 0.15) is 0 Å². The first-order chi connectivity index (χ1) is 7.47. The molecule has 86 valence electrons. The van der Waals surface area contributed by atoms with Crippen LogP contribution in [0.4, 0.5) is 0 Å². The Bertz CT molecular complexity index is 521. The lowest BCUT2D eigenvalue weighted by molar-refractivity contribution is 0.448. The summed E-state index contributed by atoms with van der Waals surface area (Å²) in [5, 5.41) is 4.72. The molecule has 0 aliphatic carbocycles. The van der Waals surface area contributed by atoms with Gasteiger partial charge in [-0.3, -0.25) is 0 Å². The average molecular weight is 216 g/mol. The Morgan fingerprint density at radius 1 is 1.12 bits per heavy atom. The number of hydrogen-bond acceptors (Lipinski definition) is 1. The largest absolute Gasteiger partial charge is 0.361 e. The van der Waals surface area contributed by atoms with Crippen LogP contribution in [0.1, 0.15) is 30.5 Å². The molecule has 2 N–H and O–H groups in total. The lowest BCUT2D eigenvalue weighted by Crippen LogP contribution is -2.32. The van der Waals surface area contributed by atoms with E-state index in [0.717, 1.165) is 0 Å². The van der Waals surface area contributed by atoms with Crippen LogP contribution in [0.15, 0.2) is 18.3 Å². The highest BCUT2D eigenvalue weighted by Gasteiger charge is 2.22. The molecule has 2 aromatic rings. The second-order valence-electron chi connectivity index (χ2n) is 5.03. The monoisotopic (exact) mass is 216 g/mol. The molecule has 1 aromatic heterocycles. The van der Waals surface area contributed by atoms with Crippen LogP contribution in [-0.4, -0.2) is 12.0 Å². The van der Waals surface area contributed by atoms with Gasteiger partial charge in [-0.25, -0.2) is 0 Å². The Balaban J connectivity index is 2.79. The van der Waals surface area contributed by atoms with Gasteiger partial charge in [-0.2, -0.15) is 0 Å². The van der Waals surface area contributed by atoms with Crippen LogP contribution in [0, 0.1) is 13.8 Å². The minimum absolute atomic E-state index is 0.00317. The highest BCUT2D eigenvalue weighted by atomic mass is 14.9. The topological polar surface area (TPSA) is 27.8 Å². The number of aromatic nitrogens is 1. The van der Waals surface area contributed by atoms with E-state index in [1.807, 2.05) is 7.05 Å². The molecule has 2 heteroatoms. The van der Waals surface area contributed by atoms with E-state index in [4.69, 9.17) is 0 Å². The van der Waals surface area contributed by atoms with E-state index in [1.54, 1.807) is 0 Å². The Morgan fingerprint density at radius 3 is 2.38 bits per heavy atom. The first kappa shape index (κ1) is 11.2. The van der Waals surface area contributed by atoms with E-state index in [2.05, 4.69) is 56.3 Å². The maximum absolute atomic E-state index is 3.40. The molecule has 0 unspecified atom stereocenters. The van der Waals surface area contributed by atoms with Gasteiger partial charge in [-0.15, -0.1) is 0 Å². The second-order valence-corrected chi connectivity index (χ2v) is 5.03. The van der Waals surface area contributed by atoms with Gasteiger partial charge in [0.15, 0.2) is 0 Å². The maximum Gasteiger partial charge on any atom is 0.0489 e. The molecule has 0 bridgehead atoms. The first-order valence-corrected chi connectivity index (χ1v) is 5.74. The van der Waals surface area contributed by atoms with Gasteiger partial charge < -0.3 is 10.3 Å². The number of aromatic amines is 1. The summed E-state index contributed by atoms with van der Waals surface area (Å²) in [6, 6.07) is 4.37. The van der Waals surface area contributed by atoms with Crippen molar-refractivity contribution in [1.82, 2.24) is 10.3 Å². The lowest BCUT2D eigenvalue weighted by atomic mass is 9.91. The third-order valence-electron chi connectivity index (χ3n) is 3.55. The predicted molar refractivity (Wildman–Crippen MR) is 69.9 cm³/mol. The lowest BCUT2D eigenvalue weighted by Gasteiger charge is -2.24. The van der Waals surface area contributed by atoms with Crippen LogP contribution in [0.2, 0.25) is 0 Å². The van der Waals surface area contributed by atoms with E-state index < -0.39 is 0 Å². The van der Waals surface area contributed by atoms with Crippen molar-refractivity contribution in [3.05, 3.63) is 35.0 Å². The Labute approximate surface area is 97.1 Å². The summed E-state index contributed by atoms with van der Waals surface area (Å²) in [6.45, 7) is 8.73. The fourth-order valence-electron chi connectivity index (χ4n) is 2.19. The van der Waals surface area contributed by atoms with Crippen molar-refractivity contribution in [3.8, 4) is 0 Å². The molecule has 0 aliphatic rings. The summed E-state index contributed by atoms with van der Waals surface area (Å²) >= 11 is 0. The normalized spacial score (nSPS) is 12.3. The van der Waals surface area contributed by atoms with Crippen molar-refractivity contribution in [2.45, 2.75) is 33.2 Å². The summed E-state index contributed by atoms with van der Waals surface area (Å²) in [7, 11) is 2.00. The highest BCUT2D eigenvalue weighted by molar-refractivity contribution is 5.89. The van der Waals surface area contributed by atoms with Crippen molar-refractivity contribution in [1.29, 1.82) is 0 Å². The molecular formula is C14H20N2. The molecule has 0 spiro atoms. The number of hydrogen-bond donors (Lipinski definition) is 2. The summed E-state index contributed by atoms with van der Waals surface area (Å²) in [5.74, 6) is 0. The van der Waals surface area contributed by atoms with Crippen LogP contribution in [0.5, 0.6) is 0 Å². The van der Waals surface area contributed by atoms with Crippen molar-refractivity contribution >= 4 is 10.9 Å². The number of H-pyrrole nitrogens is 1. The first-order valence-electron chi connectivity index (χ1n) is 5.74. The fourth-order valence-corrected chi connectivity index (χ4v) is 2.19. The van der Waals surface area contributed by atoms with Crippen LogP contribution in [0.3, 0.4) is 0 Å². The zero-order valence-corrected chi connectivity index (χ0v) is 10.7. The standard InChI is InChI=1S/C14H20N2/c1-9-6-7-10(2)13-12(9)11(8-16-13)14(3,4)15-5/h6-8,15-16H,1-5H3. The number of benzene rings is 1. The van der Waals surface area contributed by atoms with Crippen molar-refractivity contribution in [2.24, 2.45) is 0 Å². The Morgan fingerprint density at radius 2 is 1.75 bits per heavy atom. The second kappa shape index (κ2) is 3.63. The van der Waals surface area contributed by atoms with Gasteiger partial charge in [0, 0.05) is 22.6 Å². The molecule has 0 saturated heterocycles. The van der Waals surface area contributed by atoms with Crippen molar-refractivity contribution in [3.63, 3.8) is 0 Å². The van der Waals surface area contributed by atoms with Gasteiger partial charge in [-0.05, 0) is 51.4 Å². The molecule has 2 nitrogen and oxygen atoms in total. The molecule has 0 atom stereocenters. The average Bonchev–Trinajstić information content (AvgIpc) is 2.70. The number of rotatable bonds is 2. The van der Waals surface area contributed by atoms with E-state index in [0.29, 0.717) is 0 Å². The van der Waals surface area contributed by atoms with Gasteiger partial charge in [-0.1, -0.05) is 12.1 Å². The van der Waals surface area contributed by atoms with Crippen LogP contribution in [0.25, 0.3) is 10.9 Å². The van der Waals surface area contributed by atoms with E-state index >= 15 is 0 Å². The molecule has 1 heterocycles. The summed E-state index contributed by atoms with van der Waals surface area (Å²) in [5.41, 5.74) is 5.24. The Kier molecular flexibility index (Phi) is 2.55. The third kappa shape index (κ3) is 1.54. The van der Waals surface area contributed by atoms with E-state index in [-0.39, 0.29) is 5.54 Å². The minimum Gasteiger partial charge on any atom is -0.361 e. The van der Waals surface area contributed by atoms with E-state index in [1.165, 1.54) is 27.6 Å². The van der Waals surface area contributed by atoms with Crippen molar-refractivity contribution < 1.29 is 0 Å². The molecule has 0 amide bonds. The SMILES string of the molecule is CNC(C)(C)c1c[nH]c2c(C)ccc(C)c12. The van der Waals surface area contributed by atoms with Crippen molar-refractivity contribution in [2.75, 3.05) is 7.05 Å². The molecular weight excluding hydrogens is 196 g/mol. The zero-order valence-electron chi connectivity index (χ0n) is 10.7. The number of nitrogens with one attached hydrogen (secondary N) is 2. The molecule has 1 aromatic carbocycles. The number of aryl methyl sites for hydroxylation is 2. The number of fused-ring (bicyclic) bond motifs is 1. The molecule has 0 fully saturated rings. The maximum atomic E-state index is 3.40. The van der Waals surface area contributed by atoms with Gasteiger partial charge in [0.2, 0.25) is 0 Å². The predicted octanol–water partition coefficient (Wildman–Crippen LogP) is 3.24. The third-order valence-corrected chi connectivity index (χ3v) is 3.55. The van der Waals surface area contributed by atoms with E-state index in [9.17, 15) is 0 Å². The van der Waals surface area contributed by atoms with Gasteiger partial charge >= 0.3 is 0 Å². The molecule has 16 heavy (non-hydrogen) atoms. The van der Waals surface area contributed by atoms with Crippen LogP contribution < -0.4 is 5.32 Å². The smallest absolute Gasteiger partial charge is 0.0489 e. The van der Waals surface area contributed by atoms with Crippen LogP contribution >= 0.6 is 0 Å². The van der Waals surface area contributed by atoms with Gasteiger partial charge in [0.05, 0.1) is 0 Å². The highest BCUT2D eigenvalue weighted by Crippen LogP contribution is 2.31. The quantitative estimate of drug-likeness (QED) is 0.792. The fraction of sp³-hybridized carbons (Fsp3) is 0.429. The summed E-state index contributed by atoms with van der Waals surface area (Å²) < 4.78 is 0. The minimum atomic E-state index is -0.00317. The molecule has 0 saturated carbocycles. The Hall–Kier alpha value is -1.28. The summed E-state index contributed by atoms with van der Waals surface area (Å²) in [4.78, 5) is 3.40. The van der Waals surface area contributed by atoms with Gasteiger partial charge in [0.25, 0.3) is 0 Å². The summed E-state index contributed by atoms with van der Waals surface area (Å²) in [6.07, 6.45) is 2.13. The van der Waals surface area contributed by atoms with Crippen LogP contribution in [-0.2, 0) is 5.54 Å². The molecule has 0 aliphatic heterocycles. The zero-order chi connectivity index (χ0) is 11.9. The molecule has 2 rings (SSSR count). The molecule has 0 radical (unpaired) electrons.